The summed E-state index contributed by atoms with van der Waals surface area (Å²) in [5.41, 5.74) is 0. The van der Waals surface area contributed by atoms with Crippen molar-refractivity contribution in [3.8, 4) is 0 Å². The van der Waals surface area contributed by atoms with E-state index in [1.54, 1.807) is 0 Å². The molecule has 0 aromatic heterocycles. The van der Waals surface area contributed by atoms with Gasteiger partial charge in [0.15, 0.2) is 0 Å². The predicted octanol–water partition coefficient (Wildman–Crippen LogP) is 1.95. The second kappa shape index (κ2) is 5.85. The van der Waals surface area contributed by atoms with Gasteiger partial charge in [-0.15, -0.1) is 0 Å². The number of carbonyl (C=O) groups excluding carboxylic acids is 3. The van der Waals surface area contributed by atoms with Gasteiger partial charge in [0.25, 0.3) is 11.8 Å². The average Bonchev–Trinajstić information content (AvgIpc) is 2.61. The zero-order valence-corrected chi connectivity index (χ0v) is 11.9. The van der Waals surface area contributed by atoms with Gasteiger partial charge in [0.1, 0.15) is 6.10 Å². The number of rotatable bonds is 2. The van der Waals surface area contributed by atoms with Crippen LogP contribution in [0, 0.1) is 0 Å². The summed E-state index contributed by atoms with van der Waals surface area (Å²) in [6, 6.07) is 0. The largest absolute Gasteiger partial charge is 0.534 e. The summed E-state index contributed by atoms with van der Waals surface area (Å²) >= 11 is 2.32. The lowest BCUT2D eigenvalue weighted by Crippen LogP contribution is -2.34. The van der Waals surface area contributed by atoms with E-state index < -0.39 is 18.0 Å². The van der Waals surface area contributed by atoms with Crippen molar-refractivity contribution in [1.29, 1.82) is 0 Å². The molecule has 2 atom stereocenters. The van der Waals surface area contributed by atoms with Gasteiger partial charge in [-0.05, 0) is 25.7 Å². The number of amides is 2. The van der Waals surface area contributed by atoms with Crippen molar-refractivity contribution < 1.29 is 24.0 Å². The molecule has 6 nitrogen and oxygen atoms in total. The first-order chi connectivity index (χ1) is 8.56. The minimum absolute atomic E-state index is 0.0887. The molecule has 0 radical (unpaired) electrons. The van der Waals surface area contributed by atoms with Crippen LogP contribution >= 0.6 is 22.6 Å². The topological polar surface area (TPSA) is 72.9 Å². The van der Waals surface area contributed by atoms with Crippen LogP contribution in [0.2, 0.25) is 0 Å². The number of nitrogens with zero attached hydrogens (tertiary/aromatic N) is 1. The van der Waals surface area contributed by atoms with E-state index in [9.17, 15) is 14.4 Å². The molecule has 0 aromatic rings. The highest BCUT2D eigenvalue weighted by molar-refractivity contribution is 14.1. The van der Waals surface area contributed by atoms with E-state index >= 15 is 0 Å². The Balaban J connectivity index is 1.81. The van der Waals surface area contributed by atoms with Crippen molar-refractivity contribution in [2.45, 2.75) is 48.6 Å². The van der Waals surface area contributed by atoms with Crippen molar-refractivity contribution in [2.75, 3.05) is 0 Å². The molecule has 1 aliphatic heterocycles. The predicted molar refractivity (Wildman–Crippen MR) is 68.7 cm³/mol. The highest BCUT2D eigenvalue weighted by Crippen LogP contribution is 2.27. The van der Waals surface area contributed by atoms with Gasteiger partial charge < -0.3 is 4.74 Å². The molecule has 7 heteroatoms. The van der Waals surface area contributed by atoms with E-state index in [0.29, 0.717) is 8.99 Å². The van der Waals surface area contributed by atoms with Gasteiger partial charge in [-0.1, -0.05) is 27.7 Å². The molecule has 1 saturated carbocycles. The number of imide groups is 1. The maximum Gasteiger partial charge on any atom is 0.534 e. The van der Waals surface area contributed by atoms with Crippen molar-refractivity contribution in [1.82, 2.24) is 5.06 Å². The zero-order valence-electron chi connectivity index (χ0n) is 9.76. The lowest BCUT2D eigenvalue weighted by atomic mass is 9.98. The molecule has 1 aliphatic carbocycles. The third kappa shape index (κ3) is 3.33. The summed E-state index contributed by atoms with van der Waals surface area (Å²) < 4.78 is 5.60. The Morgan fingerprint density at radius 3 is 2.50 bits per heavy atom. The minimum atomic E-state index is -0.964. The van der Waals surface area contributed by atoms with E-state index in [-0.39, 0.29) is 18.9 Å². The number of alkyl halides is 1. The summed E-state index contributed by atoms with van der Waals surface area (Å²) in [5, 5.41) is 0.507. The van der Waals surface area contributed by atoms with Gasteiger partial charge in [-0.2, -0.15) is 0 Å². The van der Waals surface area contributed by atoms with Crippen LogP contribution in [0.4, 0.5) is 4.79 Å². The van der Waals surface area contributed by atoms with Crippen molar-refractivity contribution >= 4 is 40.6 Å². The van der Waals surface area contributed by atoms with Gasteiger partial charge >= 0.3 is 6.16 Å². The maximum atomic E-state index is 11.5. The monoisotopic (exact) mass is 367 g/mol. The lowest BCUT2D eigenvalue weighted by Gasteiger charge is -2.25. The summed E-state index contributed by atoms with van der Waals surface area (Å²) in [7, 11) is 0. The molecule has 2 fully saturated rings. The first-order valence-electron chi connectivity index (χ1n) is 5.94. The summed E-state index contributed by atoms with van der Waals surface area (Å²) in [6.07, 6.45) is 2.76. The maximum absolute atomic E-state index is 11.5. The molecule has 18 heavy (non-hydrogen) atoms. The third-order valence-corrected chi connectivity index (χ3v) is 4.13. The second-order valence-corrected chi connectivity index (χ2v) is 6.19. The van der Waals surface area contributed by atoms with Crippen LogP contribution in [-0.4, -0.2) is 33.1 Å². The minimum Gasteiger partial charge on any atom is -0.429 e. The third-order valence-electron chi connectivity index (χ3n) is 3.00. The van der Waals surface area contributed by atoms with E-state index in [0.717, 1.165) is 25.7 Å². The Bertz CT molecular complexity index is 356. The number of hydrogen-bond acceptors (Lipinski definition) is 5. The Hall–Kier alpha value is -0.860. The molecule has 2 amide bonds. The van der Waals surface area contributed by atoms with E-state index in [1.165, 1.54) is 0 Å². The molecule has 2 unspecified atom stereocenters. The molecule has 0 spiro atoms. The van der Waals surface area contributed by atoms with Gasteiger partial charge in [0, 0.05) is 16.8 Å². The highest BCUT2D eigenvalue weighted by Gasteiger charge is 2.34. The Morgan fingerprint density at radius 1 is 1.22 bits per heavy atom. The number of hydroxylamine groups is 2. The smallest absolute Gasteiger partial charge is 0.429 e. The van der Waals surface area contributed by atoms with Crippen LogP contribution in [0.25, 0.3) is 0 Å². The van der Waals surface area contributed by atoms with Gasteiger partial charge in [0.2, 0.25) is 0 Å². The molecule has 1 heterocycles. The van der Waals surface area contributed by atoms with E-state index in [2.05, 4.69) is 27.4 Å². The number of carbonyl (C=O) groups is 3. The zero-order chi connectivity index (χ0) is 13.1. The van der Waals surface area contributed by atoms with E-state index in [1.807, 2.05) is 0 Å². The van der Waals surface area contributed by atoms with Crippen molar-refractivity contribution in [3.63, 3.8) is 0 Å². The van der Waals surface area contributed by atoms with Crippen LogP contribution in [0.15, 0.2) is 0 Å². The normalized spacial score (nSPS) is 28.4. The van der Waals surface area contributed by atoms with Crippen LogP contribution in [0.1, 0.15) is 38.5 Å². The quantitative estimate of drug-likeness (QED) is 0.323. The van der Waals surface area contributed by atoms with E-state index in [4.69, 9.17) is 4.74 Å². The summed E-state index contributed by atoms with van der Waals surface area (Å²) in [5.74, 6) is -0.986. The Kier molecular flexibility index (Phi) is 4.41. The molecule has 100 valence electrons. The number of ether oxygens (including phenoxy) is 1. The molecular formula is C11H14INO5. The van der Waals surface area contributed by atoms with Crippen molar-refractivity contribution in [2.24, 2.45) is 0 Å². The molecule has 2 aliphatic rings. The fourth-order valence-corrected chi connectivity index (χ4v) is 3.09. The van der Waals surface area contributed by atoms with Crippen LogP contribution in [-0.2, 0) is 19.2 Å². The standard InChI is InChI=1S/C11H14INO5/c12-7-2-1-3-8(6-7)17-11(16)18-13-9(14)4-5-10(13)15/h7-8H,1-6H2. The van der Waals surface area contributed by atoms with Crippen LogP contribution in [0.5, 0.6) is 0 Å². The number of halogens is 1. The fraction of sp³-hybridized carbons (Fsp3) is 0.727. The summed E-state index contributed by atoms with van der Waals surface area (Å²) in [6.45, 7) is 0. The molecular weight excluding hydrogens is 353 g/mol. The molecule has 0 N–H and O–H groups in total. The lowest BCUT2D eigenvalue weighted by molar-refractivity contribution is -0.178. The van der Waals surface area contributed by atoms with Crippen LogP contribution < -0.4 is 0 Å². The summed E-state index contributed by atoms with van der Waals surface area (Å²) in [4.78, 5) is 38.6. The molecule has 0 bridgehead atoms. The van der Waals surface area contributed by atoms with Crippen molar-refractivity contribution in [3.05, 3.63) is 0 Å². The SMILES string of the molecule is O=C(OC1CCCC(I)C1)ON1C(=O)CCC1=O. The van der Waals surface area contributed by atoms with Crippen LogP contribution in [0.3, 0.4) is 0 Å². The van der Waals surface area contributed by atoms with Gasteiger partial charge in [0.05, 0.1) is 0 Å². The Labute approximate surface area is 118 Å². The highest BCUT2D eigenvalue weighted by atomic mass is 127. The number of hydrogen-bond donors (Lipinski definition) is 0. The fourth-order valence-electron chi connectivity index (χ4n) is 2.09. The first kappa shape index (κ1) is 13.6. The van der Waals surface area contributed by atoms with Gasteiger partial charge in [-0.25, -0.2) is 4.79 Å². The average molecular weight is 367 g/mol. The first-order valence-corrected chi connectivity index (χ1v) is 7.19. The molecule has 1 saturated heterocycles. The molecule has 2 rings (SSSR count). The second-order valence-electron chi connectivity index (χ2n) is 4.43. The molecule has 0 aromatic carbocycles. The Morgan fingerprint density at radius 2 is 1.89 bits per heavy atom. The van der Waals surface area contributed by atoms with Gasteiger partial charge in [-0.3, -0.25) is 14.4 Å².